The highest BCUT2D eigenvalue weighted by Gasteiger charge is 2.25. The molecule has 0 aromatic rings. The Morgan fingerprint density at radius 1 is 0.450 bits per heavy atom. The zero-order chi connectivity index (χ0) is 29.7. The molecule has 0 aromatic heterocycles. The molecule has 3 unspecified atom stereocenters. The van der Waals surface area contributed by atoms with Crippen LogP contribution in [0.2, 0.25) is 0 Å². The lowest BCUT2D eigenvalue weighted by atomic mass is 9.94. The van der Waals surface area contributed by atoms with Crippen LogP contribution in [0.15, 0.2) is 0 Å². The second kappa shape index (κ2) is 29.4. The van der Waals surface area contributed by atoms with Gasteiger partial charge in [0.25, 0.3) is 0 Å². The Morgan fingerprint density at radius 2 is 0.775 bits per heavy atom. The lowest BCUT2D eigenvalue weighted by molar-refractivity contribution is -0.165. The molecule has 0 saturated heterocycles. The molecule has 0 N–H and O–H groups in total. The summed E-state index contributed by atoms with van der Waals surface area (Å²) in [4.78, 5) is 26.3. The minimum atomic E-state index is -0.339. The van der Waals surface area contributed by atoms with Crippen molar-refractivity contribution >= 4 is 11.9 Å². The van der Waals surface area contributed by atoms with Crippen LogP contribution in [0.5, 0.6) is 0 Å². The van der Waals surface area contributed by atoms with Crippen LogP contribution in [-0.4, -0.2) is 24.6 Å². The molecule has 0 radical (unpaired) electrons. The Labute approximate surface area is 250 Å². The molecule has 0 aliphatic rings. The van der Waals surface area contributed by atoms with E-state index >= 15 is 0 Å². The SMILES string of the molecule is CCCCCCCCC(CCCCCC)C(=O)OCC(CC)OC(=O)C(CCCCCC)CCCCCCCC. The van der Waals surface area contributed by atoms with Crippen LogP contribution in [-0.2, 0) is 19.1 Å². The van der Waals surface area contributed by atoms with Crippen LogP contribution in [0.25, 0.3) is 0 Å². The van der Waals surface area contributed by atoms with Gasteiger partial charge in [0.1, 0.15) is 12.7 Å². The van der Waals surface area contributed by atoms with Crippen molar-refractivity contribution in [3.63, 3.8) is 0 Å². The van der Waals surface area contributed by atoms with E-state index in [1.165, 1.54) is 103 Å². The maximum Gasteiger partial charge on any atom is 0.309 e. The quantitative estimate of drug-likeness (QED) is 0.0641. The number of hydrogen-bond acceptors (Lipinski definition) is 4. The fourth-order valence-corrected chi connectivity index (χ4v) is 5.53. The molecule has 4 heteroatoms. The van der Waals surface area contributed by atoms with Gasteiger partial charge in [0.15, 0.2) is 0 Å². The number of ether oxygens (including phenoxy) is 2. The average Bonchev–Trinajstić information content (AvgIpc) is 2.96. The first-order valence-corrected chi connectivity index (χ1v) is 17.9. The molecule has 0 bridgehead atoms. The lowest BCUT2D eigenvalue weighted by Gasteiger charge is -2.22. The van der Waals surface area contributed by atoms with Crippen molar-refractivity contribution in [2.45, 2.75) is 201 Å². The summed E-state index contributed by atoms with van der Waals surface area (Å²) < 4.78 is 11.8. The summed E-state index contributed by atoms with van der Waals surface area (Å²) in [7, 11) is 0. The first kappa shape index (κ1) is 38.9. The van der Waals surface area contributed by atoms with E-state index in [1.54, 1.807) is 0 Å². The van der Waals surface area contributed by atoms with E-state index in [1.807, 2.05) is 6.92 Å². The van der Waals surface area contributed by atoms with Crippen molar-refractivity contribution in [2.75, 3.05) is 6.61 Å². The van der Waals surface area contributed by atoms with Gasteiger partial charge < -0.3 is 9.47 Å². The van der Waals surface area contributed by atoms with Crippen molar-refractivity contribution in [1.29, 1.82) is 0 Å². The highest BCUT2D eigenvalue weighted by molar-refractivity contribution is 5.73. The van der Waals surface area contributed by atoms with Gasteiger partial charge in [-0.1, -0.05) is 163 Å². The van der Waals surface area contributed by atoms with E-state index in [2.05, 4.69) is 27.7 Å². The summed E-state index contributed by atoms with van der Waals surface area (Å²) in [5, 5.41) is 0. The highest BCUT2D eigenvalue weighted by atomic mass is 16.6. The highest BCUT2D eigenvalue weighted by Crippen LogP contribution is 2.23. The Bertz CT molecular complexity index is 561. The smallest absolute Gasteiger partial charge is 0.309 e. The maximum absolute atomic E-state index is 13.2. The topological polar surface area (TPSA) is 52.6 Å². The maximum atomic E-state index is 13.2. The van der Waals surface area contributed by atoms with E-state index in [-0.39, 0.29) is 36.5 Å². The van der Waals surface area contributed by atoms with Crippen LogP contribution in [0.3, 0.4) is 0 Å². The number of carbonyl (C=O) groups excluding carboxylic acids is 2. The van der Waals surface area contributed by atoms with Gasteiger partial charge in [-0.2, -0.15) is 0 Å². The standard InChI is InChI=1S/C36H70O4/c1-6-11-15-19-21-25-28-32(27-23-17-13-8-3)35(37)39-31-34(10-5)40-36(38)33(29-24-18-14-9-4)30-26-22-20-16-12-7-2/h32-34H,6-31H2,1-5H3. The molecule has 0 saturated carbocycles. The number of carbonyl (C=O) groups is 2. The fourth-order valence-electron chi connectivity index (χ4n) is 5.53. The van der Waals surface area contributed by atoms with E-state index in [0.717, 1.165) is 51.4 Å². The number of esters is 2. The van der Waals surface area contributed by atoms with Gasteiger partial charge >= 0.3 is 11.9 Å². The zero-order valence-corrected chi connectivity index (χ0v) is 27.7. The van der Waals surface area contributed by atoms with Gasteiger partial charge in [0.2, 0.25) is 0 Å². The normalized spacial score (nSPS) is 13.6. The summed E-state index contributed by atoms with van der Waals surface area (Å²) in [5.74, 6) is -0.194. The molecule has 0 spiro atoms. The minimum Gasteiger partial charge on any atom is -0.462 e. The predicted molar refractivity (Wildman–Crippen MR) is 172 cm³/mol. The van der Waals surface area contributed by atoms with Crippen molar-refractivity contribution in [1.82, 2.24) is 0 Å². The molecule has 0 fully saturated rings. The monoisotopic (exact) mass is 567 g/mol. The summed E-state index contributed by atoms with van der Waals surface area (Å²) in [6.45, 7) is 11.1. The van der Waals surface area contributed by atoms with Crippen molar-refractivity contribution < 1.29 is 19.1 Å². The zero-order valence-electron chi connectivity index (χ0n) is 27.7. The number of hydrogen-bond donors (Lipinski definition) is 0. The van der Waals surface area contributed by atoms with Crippen molar-refractivity contribution in [2.24, 2.45) is 11.8 Å². The summed E-state index contributed by atoms with van der Waals surface area (Å²) in [5.41, 5.74) is 0. The third-order valence-electron chi connectivity index (χ3n) is 8.44. The molecule has 238 valence electrons. The summed E-state index contributed by atoms with van der Waals surface area (Å²) in [6, 6.07) is 0. The van der Waals surface area contributed by atoms with Gasteiger partial charge in [0.05, 0.1) is 11.8 Å². The summed E-state index contributed by atoms with van der Waals surface area (Å²) in [6.07, 6.45) is 28.3. The number of rotatable bonds is 30. The summed E-state index contributed by atoms with van der Waals surface area (Å²) >= 11 is 0. The third kappa shape index (κ3) is 22.6. The molecule has 0 heterocycles. The van der Waals surface area contributed by atoms with E-state index < -0.39 is 0 Å². The minimum absolute atomic E-state index is 0.0183. The Balaban J connectivity index is 4.82. The molecule has 3 atom stereocenters. The van der Waals surface area contributed by atoms with Crippen molar-refractivity contribution in [3.05, 3.63) is 0 Å². The molecule has 4 nitrogen and oxygen atoms in total. The van der Waals surface area contributed by atoms with Crippen LogP contribution < -0.4 is 0 Å². The Kier molecular flexibility index (Phi) is 28.7. The van der Waals surface area contributed by atoms with E-state index in [9.17, 15) is 9.59 Å². The molecule has 0 rings (SSSR count). The predicted octanol–water partition coefficient (Wildman–Crippen LogP) is 11.5. The number of unbranched alkanes of at least 4 members (excludes halogenated alkanes) is 16. The molecular formula is C36H70O4. The van der Waals surface area contributed by atoms with Crippen LogP contribution in [0.1, 0.15) is 195 Å². The lowest BCUT2D eigenvalue weighted by Crippen LogP contribution is -2.30. The third-order valence-corrected chi connectivity index (χ3v) is 8.44. The first-order chi connectivity index (χ1) is 19.5. The largest absolute Gasteiger partial charge is 0.462 e. The second-order valence-electron chi connectivity index (χ2n) is 12.3. The van der Waals surface area contributed by atoms with E-state index in [4.69, 9.17) is 9.47 Å². The van der Waals surface area contributed by atoms with Crippen LogP contribution in [0, 0.1) is 11.8 Å². The molecule has 0 aliphatic heterocycles. The average molecular weight is 567 g/mol. The Hall–Kier alpha value is -1.06. The van der Waals surface area contributed by atoms with Gasteiger partial charge in [0, 0.05) is 0 Å². The Morgan fingerprint density at radius 3 is 1.15 bits per heavy atom. The van der Waals surface area contributed by atoms with Crippen molar-refractivity contribution in [3.8, 4) is 0 Å². The molecule has 0 aliphatic carbocycles. The molecular weight excluding hydrogens is 496 g/mol. The molecule has 0 amide bonds. The van der Waals surface area contributed by atoms with Crippen LogP contribution in [0.4, 0.5) is 0 Å². The fraction of sp³-hybridized carbons (Fsp3) is 0.944. The van der Waals surface area contributed by atoms with Crippen LogP contribution >= 0.6 is 0 Å². The van der Waals surface area contributed by atoms with E-state index in [0.29, 0.717) is 6.42 Å². The van der Waals surface area contributed by atoms with Gasteiger partial charge in [-0.15, -0.1) is 0 Å². The van der Waals surface area contributed by atoms with Gasteiger partial charge in [-0.3, -0.25) is 9.59 Å². The molecule has 0 aromatic carbocycles. The second-order valence-corrected chi connectivity index (χ2v) is 12.3. The van der Waals surface area contributed by atoms with Gasteiger partial charge in [-0.05, 0) is 32.1 Å². The molecule has 40 heavy (non-hydrogen) atoms. The van der Waals surface area contributed by atoms with Gasteiger partial charge in [-0.25, -0.2) is 0 Å². The first-order valence-electron chi connectivity index (χ1n) is 17.9.